The molecule has 130 valence electrons. The third kappa shape index (κ3) is 3.22. The molecule has 3 saturated heterocycles. The van der Waals surface area contributed by atoms with E-state index in [-0.39, 0.29) is 24.1 Å². The first-order chi connectivity index (χ1) is 11.7. The lowest BCUT2D eigenvalue weighted by atomic mass is 9.98. The van der Waals surface area contributed by atoms with Gasteiger partial charge in [0.05, 0.1) is 6.10 Å². The molecule has 0 radical (unpaired) electrons. The lowest BCUT2D eigenvalue weighted by Crippen LogP contribution is -2.48. The predicted molar refractivity (Wildman–Crippen MR) is 93.8 cm³/mol. The van der Waals surface area contributed by atoms with Crippen LogP contribution < -0.4 is 0 Å². The average molecular weight is 328 g/mol. The molecular weight excluding hydrogens is 300 g/mol. The summed E-state index contributed by atoms with van der Waals surface area (Å²) in [6.45, 7) is 3.38. The maximum Gasteiger partial charge on any atom is 0.254 e. The molecule has 3 heterocycles. The van der Waals surface area contributed by atoms with Crippen LogP contribution in [0.15, 0.2) is 24.3 Å². The second-order valence-electron chi connectivity index (χ2n) is 7.76. The molecule has 0 spiro atoms. The number of aliphatic hydroxyl groups excluding tert-OH is 1. The molecule has 1 aromatic carbocycles. The molecule has 1 N–H and O–H groups in total. The molecule has 0 aromatic heterocycles. The fraction of sp³-hybridized carbons (Fsp3) is 0.650. The van der Waals surface area contributed by atoms with Crippen molar-refractivity contribution in [1.29, 1.82) is 0 Å². The Morgan fingerprint density at radius 3 is 2.25 bits per heavy atom. The van der Waals surface area contributed by atoms with Crippen LogP contribution in [0.5, 0.6) is 0 Å². The molecule has 4 rings (SSSR count). The number of rotatable bonds is 3. The Kier molecular flexibility index (Phi) is 4.59. The molecule has 3 aliphatic rings. The summed E-state index contributed by atoms with van der Waals surface area (Å²) in [5.41, 5.74) is 2.09. The van der Waals surface area contributed by atoms with Gasteiger partial charge < -0.3 is 10.0 Å². The number of nitrogens with zero attached hydrogens (tertiary/aromatic N) is 2. The van der Waals surface area contributed by atoms with Gasteiger partial charge in [-0.15, -0.1) is 0 Å². The van der Waals surface area contributed by atoms with Crippen molar-refractivity contribution in [1.82, 2.24) is 9.80 Å². The second-order valence-corrected chi connectivity index (χ2v) is 7.76. The van der Waals surface area contributed by atoms with Crippen molar-refractivity contribution in [2.75, 3.05) is 13.1 Å². The van der Waals surface area contributed by atoms with Crippen molar-refractivity contribution in [3.8, 4) is 0 Å². The fourth-order valence-corrected chi connectivity index (χ4v) is 4.76. The van der Waals surface area contributed by atoms with E-state index in [0.29, 0.717) is 0 Å². The highest BCUT2D eigenvalue weighted by Gasteiger charge is 2.42. The highest BCUT2D eigenvalue weighted by Crippen LogP contribution is 2.36. The van der Waals surface area contributed by atoms with Crippen LogP contribution in [0, 0.1) is 0 Å². The molecule has 0 saturated carbocycles. The van der Waals surface area contributed by atoms with Crippen molar-refractivity contribution in [2.24, 2.45) is 0 Å². The smallest absolute Gasteiger partial charge is 0.254 e. The predicted octanol–water partition coefficient (Wildman–Crippen LogP) is 2.80. The number of hydrogen-bond donors (Lipinski definition) is 1. The number of hydrogen-bond acceptors (Lipinski definition) is 3. The summed E-state index contributed by atoms with van der Waals surface area (Å²) in [5, 5.41) is 9.91. The summed E-state index contributed by atoms with van der Waals surface area (Å²) in [5.74, 6) is 0.152. The minimum Gasteiger partial charge on any atom is -0.393 e. The summed E-state index contributed by atoms with van der Waals surface area (Å²) < 4.78 is 0. The van der Waals surface area contributed by atoms with Crippen LogP contribution in [0.3, 0.4) is 0 Å². The fourth-order valence-electron chi connectivity index (χ4n) is 4.76. The third-order valence-corrected chi connectivity index (χ3v) is 6.00. The van der Waals surface area contributed by atoms with Crippen LogP contribution in [0.4, 0.5) is 0 Å². The maximum absolute atomic E-state index is 12.9. The van der Waals surface area contributed by atoms with Crippen LogP contribution in [-0.4, -0.2) is 52.1 Å². The van der Waals surface area contributed by atoms with Gasteiger partial charge in [-0.1, -0.05) is 18.6 Å². The highest BCUT2D eigenvalue weighted by molar-refractivity contribution is 5.95. The van der Waals surface area contributed by atoms with E-state index < -0.39 is 0 Å². The Balaban J connectivity index is 1.42. The lowest BCUT2D eigenvalue weighted by molar-refractivity contribution is 0.0287. The van der Waals surface area contributed by atoms with Crippen molar-refractivity contribution >= 4 is 5.91 Å². The summed E-state index contributed by atoms with van der Waals surface area (Å²) in [4.78, 5) is 17.5. The lowest BCUT2D eigenvalue weighted by Gasteiger charge is -2.37. The normalized spacial score (nSPS) is 30.5. The van der Waals surface area contributed by atoms with Gasteiger partial charge in [0.15, 0.2) is 0 Å². The van der Waals surface area contributed by atoms with Crippen molar-refractivity contribution in [2.45, 2.75) is 69.7 Å². The zero-order valence-corrected chi connectivity index (χ0v) is 14.4. The Morgan fingerprint density at radius 2 is 1.62 bits per heavy atom. The molecule has 0 aliphatic carbocycles. The van der Waals surface area contributed by atoms with E-state index in [2.05, 4.69) is 17.0 Å². The number of likely N-dealkylation sites (tertiary alicyclic amines) is 1. The SMILES string of the molecule is O=C(c1ccc(CN2CCCCC2)cc1)N1[C@@H]2CC[C@H]1CC(O)C2. The molecule has 1 unspecified atom stereocenters. The van der Waals surface area contributed by atoms with Gasteiger partial charge in [-0.3, -0.25) is 9.69 Å². The van der Waals surface area contributed by atoms with E-state index in [1.54, 1.807) is 0 Å². The molecular formula is C20H28N2O2. The average Bonchev–Trinajstić information content (AvgIpc) is 2.87. The monoisotopic (exact) mass is 328 g/mol. The number of piperidine rings is 2. The Hall–Kier alpha value is -1.39. The third-order valence-electron chi connectivity index (χ3n) is 6.00. The topological polar surface area (TPSA) is 43.8 Å². The number of benzene rings is 1. The van der Waals surface area contributed by atoms with Crippen molar-refractivity contribution < 1.29 is 9.90 Å². The molecule has 1 amide bonds. The van der Waals surface area contributed by atoms with E-state index >= 15 is 0 Å². The van der Waals surface area contributed by atoms with Crippen LogP contribution in [0.1, 0.15) is 60.9 Å². The molecule has 3 atom stereocenters. The van der Waals surface area contributed by atoms with E-state index in [1.807, 2.05) is 17.0 Å². The van der Waals surface area contributed by atoms with Crippen LogP contribution >= 0.6 is 0 Å². The maximum atomic E-state index is 12.9. The van der Waals surface area contributed by atoms with Crippen LogP contribution in [0.2, 0.25) is 0 Å². The number of aliphatic hydroxyl groups is 1. The molecule has 3 fully saturated rings. The van der Waals surface area contributed by atoms with E-state index in [1.165, 1.54) is 37.9 Å². The molecule has 3 aliphatic heterocycles. The Morgan fingerprint density at radius 1 is 1.00 bits per heavy atom. The van der Waals surface area contributed by atoms with E-state index in [9.17, 15) is 9.90 Å². The van der Waals surface area contributed by atoms with Gasteiger partial charge in [-0.05, 0) is 69.3 Å². The summed E-state index contributed by atoms with van der Waals surface area (Å²) in [6, 6.07) is 8.68. The minimum atomic E-state index is -0.224. The molecule has 24 heavy (non-hydrogen) atoms. The van der Waals surface area contributed by atoms with Gasteiger partial charge in [0, 0.05) is 24.2 Å². The first kappa shape index (κ1) is 16.1. The number of carbonyl (C=O) groups excluding carboxylic acids is 1. The van der Waals surface area contributed by atoms with Gasteiger partial charge in [-0.25, -0.2) is 0 Å². The number of amides is 1. The van der Waals surface area contributed by atoms with Crippen LogP contribution in [0.25, 0.3) is 0 Å². The Labute approximate surface area is 144 Å². The number of fused-ring (bicyclic) bond motifs is 2. The van der Waals surface area contributed by atoms with Gasteiger partial charge in [0.2, 0.25) is 0 Å². The van der Waals surface area contributed by atoms with Crippen molar-refractivity contribution in [3.63, 3.8) is 0 Å². The van der Waals surface area contributed by atoms with Crippen LogP contribution in [-0.2, 0) is 6.54 Å². The summed E-state index contributed by atoms with van der Waals surface area (Å²) in [6.07, 6.45) is 7.32. The highest BCUT2D eigenvalue weighted by atomic mass is 16.3. The number of carbonyl (C=O) groups is 1. The first-order valence-corrected chi connectivity index (χ1v) is 9.53. The standard InChI is InChI=1S/C20H28N2O2/c23-19-12-17-8-9-18(13-19)22(17)20(24)16-6-4-15(5-7-16)14-21-10-2-1-3-11-21/h4-7,17-19,23H,1-3,8-14H2/t17-,18+,19?. The van der Waals surface area contributed by atoms with Gasteiger partial charge in [0.1, 0.15) is 0 Å². The van der Waals surface area contributed by atoms with Gasteiger partial charge in [0.25, 0.3) is 5.91 Å². The zero-order chi connectivity index (χ0) is 16.5. The Bertz CT molecular complexity index is 566. The quantitative estimate of drug-likeness (QED) is 0.928. The second kappa shape index (κ2) is 6.85. The summed E-state index contributed by atoms with van der Waals surface area (Å²) >= 11 is 0. The summed E-state index contributed by atoms with van der Waals surface area (Å²) in [7, 11) is 0. The van der Waals surface area contributed by atoms with E-state index in [0.717, 1.165) is 37.8 Å². The largest absolute Gasteiger partial charge is 0.393 e. The minimum absolute atomic E-state index is 0.152. The zero-order valence-electron chi connectivity index (χ0n) is 14.4. The van der Waals surface area contributed by atoms with Gasteiger partial charge in [-0.2, -0.15) is 0 Å². The van der Waals surface area contributed by atoms with E-state index in [4.69, 9.17) is 0 Å². The first-order valence-electron chi connectivity index (χ1n) is 9.53. The molecule has 4 nitrogen and oxygen atoms in total. The molecule has 4 heteroatoms. The molecule has 2 bridgehead atoms. The van der Waals surface area contributed by atoms with Gasteiger partial charge >= 0.3 is 0 Å². The van der Waals surface area contributed by atoms with Crippen molar-refractivity contribution in [3.05, 3.63) is 35.4 Å². The molecule has 1 aromatic rings.